The van der Waals surface area contributed by atoms with Crippen molar-refractivity contribution in [1.29, 1.82) is 10.5 Å². The van der Waals surface area contributed by atoms with Gasteiger partial charge in [-0.15, -0.1) is 0 Å². The van der Waals surface area contributed by atoms with Crippen molar-refractivity contribution >= 4 is 22.8 Å². The molecule has 0 fully saturated rings. The lowest BCUT2D eigenvalue weighted by Gasteiger charge is -1.96. The Morgan fingerprint density at radius 1 is 1.00 bits per heavy atom. The van der Waals surface area contributed by atoms with Crippen LogP contribution in [0, 0.1) is 56.0 Å². The Balaban J connectivity index is 4.32. The van der Waals surface area contributed by atoms with Crippen LogP contribution >= 0.6 is 0 Å². The smallest absolute Gasteiger partial charge is 0.258 e. The van der Waals surface area contributed by atoms with E-state index in [4.69, 9.17) is 23.7 Å². The average molecular weight is 294 g/mol. The molecule has 0 aliphatic heterocycles. The van der Waals surface area contributed by atoms with Gasteiger partial charge in [0.2, 0.25) is 0 Å². The van der Waals surface area contributed by atoms with Gasteiger partial charge in [0.1, 0.15) is 30.9 Å². The summed E-state index contributed by atoms with van der Waals surface area (Å²) in [4.78, 5) is 25.7. The van der Waals surface area contributed by atoms with Crippen LogP contribution in [-0.2, 0) is 0 Å². The quantitative estimate of drug-likeness (QED) is 0.444. The lowest BCUT2D eigenvalue weighted by Crippen LogP contribution is -2.20. The van der Waals surface area contributed by atoms with Gasteiger partial charge in [0, 0.05) is 12.1 Å². The number of benzene rings is 1. The summed E-state index contributed by atoms with van der Waals surface area (Å²) in [6.45, 7) is 13.6. The number of rotatable bonds is 2. The third-order valence-electron chi connectivity index (χ3n) is 2.45. The van der Waals surface area contributed by atoms with Gasteiger partial charge in [-0.2, -0.15) is 20.2 Å². The summed E-state index contributed by atoms with van der Waals surface area (Å²) in [6.07, 6.45) is 0. The molecule has 22 heavy (non-hydrogen) atoms. The predicted octanol–water partition coefficient (Wildman–Crippen LogP) is 0.605. The van der Waals surface area contributed by atoms with Gasteiger partial charge >= 0.3 is 5.82 Å². The molecule has 104 valence electrons. The second kappa shape index (κ2) is 6.25. The number of nitrogens with zero attached hydrogens (tertiary/aromatic N) is 6. The van der Waals surface area contributed by atoms with Crippen molar-refractivity contribution < 1.29 is 9.85 Å². The van der Waals surface area contributed by atoms with Crippen molar-refractivity contribution in [2.24, 2.45) is 0 Å². The number of hydrogen-bond acceptors (Lipinski definition) is 6. The first-order chi connectivity index (χ1) is 10.4. The minimum Gasteiger partial charge on any atom is -0.258 e. The maximum Gasteiger partial charge on any atom is 0.533 e. The lowest BCUT2D eigenvalue weighted by atomic mass is 10.1. The Morgan fingerprint density at radius 3 is 1.77 bits per heavy atom. The van der Waals surface area contributed by atoms with Crippen molar-refractivity contribution in [3.63, 3.8) is 0 Å². The fourth-order valence-corrected chi connectivity index (χ4v) is 1.55. The van der Waals surface area contributed by atoms with E-state index in [0.29, 0.717) is 12.1 Å². The van der Waals surface area contributed by atoms with Crippen LogP contribution in [0.3, 0.4) is 0 Å². The number of nitriles is 2. The summed E-state index contributed by atoms with van der Waals surface area (Å²) in [5.41, 5.74) is -2.23. The van der Waals surface area contributed by atoms with Gasteiger partial charge in [-0.3, -0.25) is 20.2 Å². The molecule has 10 nitrogen and oxygen atoms in total. The zero-order chi connectivity index (χ0) is 16.9. The Hall–Kier alpha value is -4.28. The van der Waals surface area contributed by atoms with Crippen LogP contribution in [0.1, 0.15) is 0 Å². The molecule has 0 saturated carbocycles. The van der Waals surface area contributed by atoms with Gasteiger partial charge in [0.05, 0.1) is 15.1 Å². The molecule has 1 aromatic carbocycles. The third kappa shape index (κ3) is 2.67. The lowest BCUT2D eigenvalue weighted by molar-refractivity contribution is -0.390. The highest BCUT2D eigenvalue weighted by Gasteiger charge is 2.24. The summed E-state index contributed by atoms with van der Waals surface area (Å²) in [5.74, 6) is -0.725. The van der Waals surface area contributed by atoms with Crippen LogP contribution in [-0.4, -0.2) is 9.85 Å². The Kier molecular flexibility index (Phi) is 4.48. The summed E-state index contributed by atoms with van der Waals surface area (Å²) in [5, 5.41) is 38.5. The summed E-state index contributed by atoms with van der Waals surface area (Å²) < 4.78 is 0. The van der Waals surface area contributed by atoms with E-state index in [0.717, 1.165) is 0 Å². The fraction of sp³-hybridized carbons (Fsp3) is 0. The van der Waals surface area contributed by atoms with Crippen molar-refractivity contribution in [2.75, 3.05) is 0 Å². The van der Waals surface area contributed by atoms with Gasteiger partial charge in [0.25, 0.3) is 11.4 Å². The van der Waals surface area contributed by atoms with Crippen LogP contribution < -0.4 is 10.4 Å². The molecule has 1 rings (SSSR count). The number of non-ortho nitro benzene ring substituents is 2. The van der Waals surface area contributed by atoms with Crippen LogP contribution in [0.4, 0.5) is 11.4 Å². The van der Waals surface area contributed by atoms with Crippen molar-refractivity contribution in [2.45, 2.75) is 0 Å². The highest BCUT2D eigenvalue weighted by molar-refractivity contribution is 5.76. The van der Waals surface area contributed by atoms with Crippen molar-refractivity contribution in [1.82, 2.24) is 0 Å². The number of nitro groups is 2. The first-order valence-corrected chi connectivity index (χ1v) is 5.17. The van der Waals surface area contributed by atoms with E-state index in [1.54, 1.807) is 0 Å². The molecule has 1 aromatic rings. The van der Waals surface area contributed by atoms with Crippen LogP contribution in [0.15, 0.2) is 12.1 Å². The van der Waals surface area contributed by atoms with E-state index in [-0.39, 0.29) is 0 Å². The summed E-state index contributed by atoms with van der Waals surface area (Å²) in [7, 11) is 0. The number of hydrogen-bond donors (Lipinski definition) is 0. The van der Waals surface area contributed by atoms with E-state index >= 15 is 0 Å². The molecule has 0 bridgehead atoms. The van der Waals surface area contributed by atoms with Crippen LogP contribution in [0.2, 0.25) is 0 Å². The molecule has 0 spiro atoms. The van der Waals surface area contributed by atoms with Crippen LogP contribution in [0.25, 0.3) is 21.1 Å². The first-order valence-electron chi connectivity index (χ1n) is 5.17. The molecule has 10 heteroatoms. The van der Waals surface area contributed by atoms with Crippen molar-refractivity contribution in [3.8, 4) is 12.1 Å². The molecule has 0 aromatic heterocycles. The standard InChI is InChI=1S/C12H2N6O4/c1-15-12(16-2)9-4-10(17(19)20)8(7(5-13)6-14)3-11(9)18(21)22/h3-4H. The van der Waals surface area contributed by atoms with Crippen LogP contribution in [0.5, 0.6) is 0 Å². The molecule has 0 amide bonds. The van der Waals surface area contributed by atoms with E-state index in [1.807, 2.05) is 0 Å². The minimum absolute atomic E-state index is 0.541. The van der Waals surface area contributed by atoms with E-state index in [9.17, 15) is 20.2 Å². The molecule has 0 unspecified atom stereocenters. The molecule has 0 N–H and O–H groups in total. The van der Waals surface area contributed by atoms with Gasteiger partial charge in [-0.05, 0) is 0 Å². The van der Waals surface area contributed by atoms with E-state index < -0.39 is 43.1 Å². The maximum absolute atomic E-state index is 11.0. The van der Waals surface area contributed by atoms with E-state index in [2.05, 4.69) is 9.69 Å². The predicted molar refractivity (Wildman–Crippen MR) is 70.2 cm³/mol. The molecular formula is C12H2N6O4. The largest absolute Gasteiger partial charge is 0.533 e. The normalized spacial score (nSPS) is 8.55. The Morgan fingerprint density at radius 2 is 1.41 bits per heavy atom. The monoisotopic (exact) mass is 294 g/mol. The molecule has 0 aliphatic carbocycles. The molecule has 0 atom stereocenters. The molecule has 0 aliphatic rings. The van der Waals surface area contributed by atoms with E-state index in [1.165, 1.54) is 12.1 Å². The number of nitro benzene ring substituents is 2. The molecule has 0 heterocycles. The Bertz CT molecular complexity index is 867. The first kappa shape index (κ1) is 15.8. The zero-order valence-corrected chi connectivity index (χ0v) is 10.5. The van der Waals surface area contributed by atoms with Crippen molar-refractivity contribution in [3.05, 3.63) is 65.6 Å². The second-order valence-electron chi connectivity index (χ2n) is 3.55. The SMILES string of the molecule is [C-]#[N+]C([N+]#[C-])=c1cc([N+](=O)[O-])c(=C(C#N)C#N)cc1[N+](=O)[O-]. The topological polar surface area (TPSA) is 143 Å². The third-order valence-corrected chi connectivity index (χ3v) is 2.45. The fourth-order valence-electron chi connectivity index (χ4n) is 1.55. The average Bonchev–Trinajstić information content (AvgIpc) is 2.49. The maximum atomic E-state index is 11.0. The van der Waals surface area contributed by atoms with Gasteiger partial charge < -0.3 is 0 Å². The molecule has 0 radical (unpaired) electrons. The molecular weight excluding hydrogens is 292 g/mol. The zero-order valence-electron chi connectivity index (χ0n) is 10.5. The summed E-state index contributed by atoms with van der Waals surface area (Å²) >= 11 is 0. The minimum atomic E-state index is -0.956. The second-order valence-corrected chi connectivity index (χ2v) is 3.55. The van der Waals surface area contributed by atoms with Gasteiger partial charge in [0.15, 0.2) is 5.22 Å². The molecule has 0 saturated heterocycles. The Labute approximate surface area is 122 Å². The van der Waals surface area contributed by atoms with Gasteiger partial charge in [-0.1, -0.05) is 0 Å². The highest BCUT2D eigenvalue weighted by atomic mass is 16.6. The summed E-state index contributed by atoms with van der Waals surface area (Å²) in [6, 6.07) is 4.10. The van der Waals surface area contributed by atoms with Gasteiger partial charge in [-0.25, -0.2) is 0 Å². The highest BCUT2D eigenvalue weighted by Crippen LogP contribution is 2.12.